The van der Waals surface area contributed by atoms with E-state index in [2.05, 4.69) is 24.4 Å². The van der Waals surface area contributed by atoms with E-state index in [0.29, 0.717) is 12.3 Å². The highest BCUT2D eigenvalue weighted by molar-refractivity contribution is 5.77. The largest absolute Gasteiger partial charge is 0.340 e. The summed E-state index contributed by atoms with van der Waals surface area (Å²) >= 11 is 0. The van der Waals surface area contributed by atoms with Crippen LogP contribution < -0.4 is 5.32 Å². The summed E-state index contributed by atoms with van der Waals surface area (Å²) in [5.74, 6) is 0.585. The number of amides is 1. The van der Waals surface area contributed by atoms with Gasteiger partial charge in [0.15, 0.2) is 0 Å². The highest BCUT2D eigenvalue weighted by Gasteiger charge is 2.18. The molecule has 0 saturated carbocycles. The van der Waals surface area contributed by atoms with Gasteiger partial charge in [0, 0.05) is 32.6 Å². The third-order valence-electron chi connectivity index (χ3n) is 3.32. The van der Waals surface area contributed by atoms with E-state index in [0.717, 1.165) is 26.2 Å². The molecule has 3 nitrogen and oxygen atoms in total. The quantitative estimate of drug-likeness (QED) is 0.858. The Bertz CT molecular complexity index is 358. The molecule has 0 bridgehead atoms. The fourth-order valence-electron chi connectivity index (χ4n) is 2.20. The molecule has 1 heterocycles. The van der Waals surface area contributed by atoms with Gasteiger partial charge in [-0.2, -0.15) is 0 Å². The van der Waals surface area contributed by atoms with Crippen LogP contribution in [-0.4, -0.2) is 37.0 Å². The maximum absolute atomic E-state index is 12.1. The van der Waals surface area contributed by atoms with Crippen LogP contribution in [0.5, 0.6) is 0 Å². The van der Waals surface area contributed by atoms with Crippen LogP contribution in [-0.2, 0) is 4.79 Å². The summed E-state index contributed by atoms with van der Waals surface area (Å²) in [5.41, 5.74) is 1.25. The van der Waals surface area contributed by atoms with E-state index in [4.69, 9.17) is 0 Å². The van der Waals surface area contributed by atoms with E-state index in [9.17, 15) is 4.79 Å². The van der Waals surface area contributed by atoms with Crippen LogP contribution in [0.1, 0.15) is 24.8 Å². The molecular formula is C14H20N2O. The normalized spacial score (nSPS) is 17.8. The predicted molar refractivity (Wildman–Crippen MR) is 68.9 cm³/mol. The molecule has 1 aromatic rings. The topological polar surface area (TPSA) is 32.3 Å². The van der Waals surface area contributed by atoms with Gasteiger partial charge < -0.3 is 10.2 Å². The second-order valence-electron chi connectivity index (χ2n) is 4.65. The lowest BCUT2D eigenvalue weighted by atomic mass is 9.97. The van der Waals surface area contributed by atoms with E-state index in [1.165, 1.54) is 5.56 Å². The smallest absolute Gasteiger partial charge is 0.223 e. The number of carbonyl (C=O) groups excluding carboxylic acids is 1. The molecule has 1 saturated heterocycles. The molecule has 0 radical (unpaired) electrons. The minimum Gasteiger partial charge on any atom is -0.340 e. The van der Waals surface area contributed by atoms with Crippen molar-refractivity contribution in [2.24, 2.45) is 0 Å². The Balaban J connectivity index is 1.89. The van der Waals surface area contributed by atoms with Crippen LogP contribution >= 0.6 is 0 Å². The van der Waals surface area contributed by atoms with Crippen LogP contribution in [0, 0.1) is 0 Å². The van der Waals surface area contributed by atoms with E-state index in [1.807, 2.05) is 23.1 Å². The maximum Gasteiger partial charge on any atom is 0.223 e. The molecular weight excluding hydrogens is 212 g/mol. The van der Waals surface area contributed by atoms with Crippen LogP contribution in [0.15, 0.2) is 30.3 Å². The fourth-order valence-corrected chi connectivity index (χ4v) is 2.20. The van der Waals surface area contributed by atoms with Crippen molar-refractivity contribution in [1.29, 1.82) is 0 Å². The third kappa shape index (κ3) is 3.30. The number of rotatable bonds is 3. The molecule has 1 amide bonds. The average molecular weight is 232 g/mol. The monoisotopic (exact) mass is 232 g/mol. The lowest BCUT2D eigenvalue weighted by Crippen LogP contribution is -2.46. The number of carbonyl (C=O) groups is 1. The predicted octanol–water partition coefficient (Wildman–Crippen LogP) is 1.61. The van der Waals surface area contributed by atoms with Crippen molar-refractivity contribution in [3.05, 3.63) is 35.9 Å². The van der Waals surface area contributed by atoms with Gasteiger partial charge in [-0.05, 0) is 11.5 Å². The summed E-state index contributed by atoms with van der Waals surface area (Å²) in [6.45, 7) is 5.66. The molecule has 3 heteroatoms. The molecule has 1 aliphatic heterocycles. The first-order valence-corrected chi connectivity index (χ1v) is 6.31. The highest BCUT2D eigenvalue weighted by atomic mass is 16.2. The van der Waals surface area contributed by atoms with Crippen molar-refractivity contribution in [2.75, 3.05) is 26.2 Å². The zero-order valence-corrected chi connectivity index (χ0v) is 10.4. The van der Waals surface area contributed by atoms with Crippen LogP contribution in [0.4, 0.5) is 0 Å². The first kappa shape index (κ1) is 12.1. The summed E-state index contributed by atoms with van der Waals surface area (Å²) in [6, 6.07) is 10.3. The van der Waals surface area contributed by atoms with Gasteiger partial charge in [-0.15, -0.1) is 0 Å². The Labute approximate surface area is 103 Å². The molecule has 17 heavy (non-hydrogen) atoms. The molecule has 1 N–H and O–H groups in total. The Morgan fingerprint density at radius 1 is 1.29 bits per heavy atom. The number of nitrogens with zero attached hydrogens (tertiary/aromatic N) is 1. The maximum atomic E-state index is 12.1. The molecule has 1 fully saturated rings. The van der Waals surface area contributed by atoms with Crippen LogP contribution in [0.3, 0.4) is 0 Å². The van der Waals surface area contributed by atoms with Crippen molar-refractivity contribution in [2.45, 2.75) is 19.3 Å². The molecule has 92 valence electrons. The summed E-state index contributed by atoms with van der Waals surface area (Å²) < 4.78 is 0. The van der Waals surface area contributed by atoms with Gasteiger partial charge in [0.05, 0.1) is 0 Å². The van der Waals surface area contributed by atoms with Gasteiger partial charge in [-0.3, -0.25) is 4.79 Å². The van der Waals surface area contributed by atoms with Crippen molar-refractivity contribution >= 4 is 5.91 Å². The average Bonchev–Trinajstić information content (AvgIpc) is 2.40. The first-order valence-electron chi connectivity index (χ1n) is 6.31. The molecule has 1 aliphatic rings. The van der Waals surface area contributed by atoms with Gasteiger partial charge in [0.2, 0.25) is 5.91 Å². The van der Waals surface area contributed by atoms with E-state index >= 15 is 0 Å². The summed E-state index contributed by atoms with van der Waals surface area (Å²) in [7, 11) is 0. The molecule has 1 atom stereocenters. The third-order valence-corrected chi connectivity index (χ3v) is 3.32. The summed E-state index contributed by atoms with van der Waals surface area (Å²) in [4.78, 5) is 14.0. The molecule has 1 aromatic carbocycles. The van der Waals surface area contributed by atoms with Crippen molar-refractivity contribution < 1.29 is 4.79 Å². The van der Waals surface area contributed by atoms with Gasteiger partial charge in [-0.25, -0.2) is 0 Å². The summed E-state index contributed by atoms with van der Waals surface area (Å²) in [6.07, 6.45) is 0.615. The molecule has 0 spiro atoms. The summed E-state index contributed by atoms with van der Waals surface area (Å²) in [5, 5.41) is 3.26. The molecule has 2 rings (SSSR count). The lowest BCUT2D eigenvalue weighted by molar-refractivity contribution is -0.132. The minimum atomic E-state index is 0.280. The van der Waals surface area contributed by atoms with Crippen molar-refractivity contribution in [3.63, 3.8) is 0 Å². The zero-order valence-electron chi connectivity index (χ0n) is 10.4. The zero-order chi connectivity index (χ0) is 12.1. The standard InChI is InChI=1S/C14H20N2O/c1-12(13-5-3-2-4-6-13)11-14(17)16-9-7-15-8-10-16/h2-6,12,15H,7-11H2,1H3. The fraction of sp³-hybridized carbons (Fsp3) is 0.500. The van der Waals surface area contributed by atoms with Gasteiger partial charge in [0.1, 0.15) is 0 Å². The lowest BCUT2D eigenvalue weighted by Gasteiger charge is -2.28. The second-order valence-corrected chi connectivity index (χ2v) is 4.65. The van der Waals surface area contributed by atoms with Crippen molar-refractivity contribution in [3.8, 4) is 0 Å². The molecule has 1 unspecified atom stereocenters. The Morgan fingerprint density at radius 3 is 2.59 bits per heavy atom. The number of hydrogen-bond acceptors (Lipinski definition) is 2. The molecule has 0 aromatic heterocycles. The SMILES string of the molecule is CC(CC(=O)N1CCNCC1)c1ccccc1. The number of benzene rings is 1. The Kier molecular flexibility index (Phi) is 4.15. The number of hydrogen-bond donors (Lipinski definition) is 1. The van der Waals surface area contributed by atoms with E-state index in [1.54, 1.807) is 0 Å². The molecule has 0 aliphatic carbocycles. The van der Waals surface area contributed by atoms with Crippen molar-refractivity contribution in [1.82, 2.24) is 10.2 Å². The highest BCUT2D eigenvalue weighted by Crippen LogP contribution is 2.19. The van der Waals surface area contributed by atoms with E-state index in [-0.39, 0.29) is 5.91 Å². The van der Waals surface area contributed by atoms with Gasteiger partial charge in [0.25, 0.3) is 0 Å². The van der Waals surface area contributed by atoms with Gasteiger partial charge in [-0.1, -0.05) is 37.3 Å². The minimum absolute atomic E-state index is 0.280. The number of piperazine rings is 1. The number of nitrogens with one attached hydrogen (secondary N) is 1. The van der Waals surface area contributed by atoms with Crippen LogP contribution in [0.25, 0.3) is 0 Å². The van der Waals surface area contributed by atoms with Crippen LogP contribution in [0.2, 0.25) is 0 Å². The van der Waals surface area contributed by atoms with E-state index < -0.39 is 0 Å². The second kappa shape index (κ2) is 5.82. The Hall–Kier alpha value is -1.35. The first-order chi connectivity index (χ1) is 8.27. The Morgan fingerprint density at radius 2 is 1.94 bits per heavy atom. The van der Waals surface area contributed by atoms with Gasteiger partial charge >= 0.3 is 0 Å².